The van der Waals surface area contributed by atoms with Crippen LogP contribution >= 0.6 is 0 Å². The van der Waals surface area contributed by atoms with Crippen LogP contribution in [0.4, 0.5) is 0 Å². The highest BCUT2D eigenvalue weighted by atomic mass is 32.2. The van der Waals surface area contributed by atoms with Gasteiger partial charge in [0.15, 0.2) is 0 Å². The number of rotatable bonds is 4. The van der Waals surface area contributed by atoms with E-state index < -0.39 is 22.1 Å². The maximum absolute atomic E-state index is 12.5. The van der Waals surface area contributed by atoms with Crippen molar-refractivity contribution in [3.8, 4) is 0 Å². The Kier molecular flexibility index (Phi) is 4.95. The average Bonchev–Trinajstić information content (AvgIpc) is 2.41. The molecule has 1 saturated heterocycles. The molecule has 0 amide bonds. The number of hydrogen-bond donors (Lipinski definition) is 2. The first-order valence-electron chi connectivity index (χ1n) is 7.72. The number of piperidine rings is 1. The number of nitrogens with zero attached hydrogens (tertiary/aromatic N) is 1. The van der Waals surface area contributed by atoms with Crippen molar-refractivity contribution in [3.05, 3.63) is 0 Å². The maximum atomic E-state index is 12.5. The summed E-state index contributed by atoms with van der Waals surface area (Å²) in [5.74, 6) is -1.24. The second kappa shape index (κ2) is 6.22. The molecule has 2 rings (SSSR count). The van der Waals surface area contributed by atoms with Gasteiger partial charge >= 0.3 is 5.97 Å². The Morgan fingerprint density at radius 2 is 1.81 bits per heavy atom. The van der Waals surface area contributed by atoms with Gasteiger partial charge in [-0.05, 0) is 31.1 Å². The number of nitrogens with one attached hydrogen (secondary N) is 1. The van der Waals surface area contributed by atoms with Gasteiger partial charge in [-0.1, -0.05) is 26.7 Å². The summed E-state index contributed by atoms with van der Waals surface area (Å²) in [5, 5.41) is 8.97. The first kappa shape index (κ1) is 16.7. The normalized spacial score (nSPS) is 28.4. The van der Waals surface area contributed by atoms with Crippen LogP contribution in [0.2, 0.25) is 0 Å². The molecule has 1 atom stereocenters. The first-order valence-corrected chi connectivity index (χ1v) is 9.16. The fourth-order valence-corrected chi connectivity index (χ4v) is 4.95. The van der Waals surface area contributed by atoms with E-state index in [4.69, 9.17) is 5.11 Å². The maximum Gasteiger partial charge on any atom is 0.306 e. The van der Waals surface area contributed by atoms with Crippen molar-refractivity contribution >= 4 is 16.2 Å². The molecule has 1 heterocycles. The van der Waals surface area contributed by atoms with E-state index in [1.165, 1.54) is 4.31 Å². The summed E-state index contributed by atoms with van der Waals surface area (Å²) in [4.78, 5) is 10.9. The van der Waals surface area contributed by atoms with Gasteiger partial charge in [0.2, 0.25) is 0 Å². The van der Waals surface area contributed by atoms with Crippen LogP contribution in [0.25, 0.3) is 0 Å². The standard InChI is InChI=1S/C14H26N2O4S/c1-14(2)8-4-3-5-12(14)15-21(19,20)16-9-6-11(7-10-16)13(17)18/h11-12,15H,3-10H2,1-2H3,(H,17,18). The van der Waals surface area contributed by atoms with Crippen LogP contribution < -0.4 is 4.72 Å². The lowest BCUT2D eigenvalue weighted by atomic mass is 9.74. The summed E-state index contributed by atoms with van der Waals surface area (Å²) < 4.78 is 29.2. The Morgan fingerprint density at radius 1 is 1.19 bits per heavy atom. The van der Waals surface area contributed by atoms with E-state index in [2.05, 4.69) is 18.6 Å². The van der Waals surface area contributed by atoms with Gasteiger partial charge < -0.3 is 5.11 Å². The minimum atomic E-state index is -3.51. The molecular formula is C14H26N2O4S. The fourth-order valence-electron chi connectivity index (χ4n) is 3.31. The quantitative estimate of drug-likeness (QED) is 0.824. The van der Waals surface area contributed by atoms with Crippen LogP contribution in [-0.4, -0.2) is 42.9 Å². The van der Waals surface area contributed by atoms with Gasteiger partial charge in [0.1, 0.15) is 0 Å². The molecule has 1 aliphatic heterocycles. The van der Waals surface area contributed by atoms with Crippen LogP contribution in [0, 0.1) is 11.3 Å². The molecule has 0 radical (unpaired) electrons. The Morgan fingerprint density at radius 3 is 2.33 bits per heavy atom. The number of hydrogen-bond acceptors (Lipinski definition) is 3. The predicted molar refractivity (Wildman–Crippen MR) is 80.0 cm³/mol. The molecule has 0 aromatic rings. The van der Waals surface area contributed by atoms with E-state index in [-0.39, 0.29) is 11.5 Å². The molecule has 2 aliphatic rings. The third-order valence-corrected chi connectivity index (χ3v) is 6.57. The Bertz CT molecular complexity index is 481. The summed E-state index contributed by atoms with van der Waals surface area (Å²) in [6.07, 6.45) is 4.89. The average molecular weight is 318 g/mol. The predicted octanol–water partition coefficient (Wildman–Crippen LogP) is 1.59. The van der Waals surface area contributed by atoms with Crippen molar-refractivity contribution in [1.29, 1.82) is 0 Å². The molecular weight excluding hydrogens is 292 g/mol. The minimum absolute atomic E-state index is 0.0231. The van der Waals surface area contributed by atoms with Crippen molar-refractivity contribution in [2.24, 2.45) is 11.3 Å². The van der Waals surface area contributed by atoms with Gasteiger partial charge in [-0.2, -0.15) is 17.4 Å². The van der Waals surface area contributed by atoms with E-state index in [1.807, 2.05) is 0 Å². The third kappa shape index (κ3) is 3.96. The molecule has 21 heavy (non-hydrogen) atoms. The van der Waals surface area contributed by atoms with Crippen molar-refractivity contribution in [2.75, 3.05) is 13.1 Å². The fraction of sp³-hybridized carbons (Fsp3) is 0.929. The van der Waals surface area contributed by atoms with E-state index in [0.717, 1.165) is 25.7 Å². The second-order valence-electron chi connectivity index (χ2n) is 6.92. The van der Waals surface area contributed by atoms with Crippen molar-refractivity contribution < 1.29 is 18.3 Å². The van der Waals surface area contributed by atoms with Crippen LogP contribution in [0.5, 0.6) is 0 Å². The zero-order chi connectivity index (χ0) is 15.7. The zero-order valence-corrected chi connectivity index (χ0v) is 13.7. The topological polar surface area (TPSA) is 86.7 Å². The van der Waals surface area contributed by atoms with Gasteiger partial charge in [0.25, 0.3) is 10.2 Å². The number of carboxylic acid groups (broad SMARTS) is 1. The molecule has 0 aromatic heterocycles. The Balaban J connectivity index is 1.98. The zero-order valence-electron chi connectivity index (χ0n) is 12.8. The molecule has 1 unspecified atom stereocenters. The molecule has 0 spiro atoms. The molecule has 2 fully saturated rings. The van der Waals surface area contributed by atoms with E-state index in [9.17, 15) is 13.2 Å². The molecule has 7 heteroatoms. The van der Waals surface area contributed by atoms with Crippen LogP contribution in [0.3, 0.4) is 0 Å². The van der Waals surface area contributed by atoms with Crippen LogP contribution in [0.1, 0.15) is 52.4 Å². The van der Waals surface area contributed by atoms with E-state index >= 15 is 0 Å². The van der Waals surface area contributed by atoms with Gasteiger partial charge in [0.05, 0.1) is 5.92 Å². The highest BCUT2D eigenvalue weighted by molar-refractivity contribution is 7.87. The first-order chi connectivity index (χ1) is 9.72. The molecule has 2 N–H and O–H groups in total. The lowest BCUT2D eigenvalue weighted by Gasteiger charge is -2.40. The minimum Gasteiger partial charge on any atom is -0.481 e. The summed E-state index contributed by atoms with van der Waals surface area (Å²) in [6, 6.07) is -0.0338. The molecule has 1 saturated carbocycles. The number of carboxylic acids is 1. The summed E-state index contributed by atoms with van der Waals surface area (Å²) in [7, 11) is -3.51. The largest absolute Gasteiger partial charge is 0.481 e. The van der Waals surface area contributed by atoms with Gasteiger partial charge in [-0.3, -0.25) is 4.79 Å². The summed E-state index contributed by atoms with van der Waals surface area (Å²) >= 11 is 0. The monoisotopic (exact) mass is 318 g/mol. The highest BCUT2D eigenvalue weighted by Crippen LogP contribution is 2.36. The smallest absolute Gasteiger partial charge is 0.306 e. The summed E-state index contributed by atoms with van der Waals surface area (Å²) in [6.45, 7) is 4.80. The third-order valence-electron chi connectivity index (χ3n) is 4.94. The SMILES string of the molecule is CC1(C)CCCCC1NS(=O)(=O)N1CCC(C(=O)O)CC1. The lowest BCUT2D eigenvalue weighted by molar-refractivity contribution is -0.142. The lowest BCUT2D eigenvalue weighted by Crippen LogP contribution is -2.53. The highest BCUT2D eigenvalue weighted by Gasteiger charge is 2.38. The van der Waals surface area contributed by atoms with Gasteiger partial charge in [-0.15, -0.1) is 0 Å². The van der Waals surface area contributed by atoms with Crippen LogP contribution in [-0.2, 0) is 15.0 Å². The van der Waals surface area contributed by atoms with Gasteiger partial charge in [0, 0.05) is 19.1 Å². The molecule has 0 bridgehead atoms. The molecule has 1 aliphatic carbocycles. The van der Waals surface area contributed by atoms with E-state index in [1.54, 1.807) is 0 Å². The molecule has 0 aromatic carbocycles. The number of carbonyl (C=O) groups is 1. The Labute approximate surface area is 127 Å². The second-order valence-corrected chi connectivity index (χ2v) is 8.62. The van der Waals surface area contributed by atoms with Gasteiger partial charge in [-0.25, -0.2) is 0 Å². The van der Waals surface area contributed by atoms with Crippen molar-refractivity contribution in [3.63, 3.8) is 0 Å². The Hall–Kier alpha value is -0.660. The van der Waals surface area contributed by atoms with E-state index in [0.29, 0.717) is 25.9 Å². The molecule has 122 valence electrons. The number of aliphatic carboxylic acids is 1. The van der Waals surface area contributed by atoms with Crippen LogP contribution in [0.15, 0.2) is 0 Å². The van der Waals surface area contributed by atoms with Crippen molar-refractivity contribution in [1.82, 2.24) is 9.03 Å². The summed E-state index contributed by atoms with van der Waals surface area (Å²) in [5.41, 5.74) is -0.0231. The molecule has 6 nitrogen and oxygen atoms in total. The van der Waals surface area contributed by atoms with Crippen molar-refractivity contribution in [2.45, 2.75) is 58.4 Å².